The average Bonchev–Trinajstić information content (AvgIpc) is 2.41. The molecule has 1 aromatic rings. The topological polar surface area (TPSA) is 114 Å². The summed E-state index contributed by atoms with van der Waals surface area (Å²) < 4.78 is 5.23. The normalized spacial score (nSPS) is 18.8. The maximum absolute atomic E-state index is 11.9. The van der Waals surface area contributed by atoms with Crippen LogP contribution in [-0.2, 0) is 9.53 Å². The minimum Gasteiger partial charge on any atom is -0.505 e. The molecule has 0 bridgehead atoms. The Kier molecular flexibility index (Phi) is 3.93. The van der Waals surface area contributed by atoms with Gasteiger partial charge in [-0.25, -0.2) is 0 Å². The zero-order valence-corrected chi connectivity index (χ0v) is 9.96. The fraction of sp³-hybridized carbons (Fsp3) is 0.364. The van der Waals surface area contributed by atoms with Gasteiger partial charge in [0, 0.05) is 19.2 Å². The van der Waals surface area contributed by atoms with Gasteiger partial charge < -0.3 is 20.5 Å². The fourth-order valence-electron chi connectivity index (χ4n) is 1.75. The van der Waals surface area contributed by atoms with E-state index in [-0.39, 0.29) is 17.1 Å². The quantitative estimate of drug-likeness (QED) is 0.410. The molecule has 8 nitrogen and oxygen atoms in total. The van der Waals surface area contributed by atoms with Crippen LogP contribution >= 0.6 is 0 Å². The molecular formula is C11H13N3O5. The highest BCUT2D eigenvalue weighted by Crippen LogP contribution is 2.33. The number of nitrogens with zero attached hydrogens (tertiary/aromatic N) is 1. The Morgan fingerprint density at radius 2 is 2.37 bits per heavy atom. The second kappa shape index (κ2) is 5.63. The SMILES string of the molecule is O=C(Nc1c(O)cccc1[N+](=O)[O-])C1CNCCO1. The number of phenolic OH excluding ortho intramolecular Hbond substituents is 1. The van der Waals surface area contributed by atoms with Crippen molar-refractivity contribution in [1.29, 1.82) is 0 Å². The van der Waals surface area contributed by atoms with Crippen LogP contribution in [0, 0.1) is 10.1 Å². The van der Waals surface area contributed by atoms with Crippen LogP contribution in [-0.4, -0.2) is 41.7 Å². The van der Waals surface area contributed by atoms with Gasteiger partial charge in [-0.05, 0) is 6.07 Å². The van der Waals surface area contributed by atoms with Gasteiger partial charge in [-0.3, -0.25) is 14.9 Å². The number of hydrogen-bond acceptors (Lipinski definition) is 6. The molecule has 8 heteroatoms. The van der Waals surface area contributed by atoms with Crippen molar-refractivity contribution in [1.82, 2.24) is 5.32 Å². The van der Waals surface area contributed by atoms with Crippen molar-refractivity contribution in [3.8, 4) is 5.75 Å². The monoisotopic (exact) mass is 267 g/mol. The summed E-state index contributed by atoms with van der Waals surface area (Å²) in [6.45, 7) is 1.37. The smallest absolute Gasteiger partial charge is 0.296 e. The second-order valence-electron chi connectivity index (χ2n) is 3.98. The largest absolute Gasteiger partial charge is 0.505 e. The van der Waals surface area contributed by atoms with Crippen molar-refractivity contribution in [2.75, 3.05) is 25.0 Å². The molecule has 0 aliphatic carbocycles. The number of nitrogens with one attached hydrogen (secondary N) is 2. The lowest BCUT2D eigenvalue weighted by Gasteiger charge is -2.22. The molecule has 0 saturated carbocycles. The summed E-state index contributed by atoms with van der Waals surface area (Å²) in [7, 11) is 0. The third kappa shape index (κ3) is 2.98. The van der Waals surface area contributed by atoms with E-state index in [1.54, 1.807) is 0 Å². The van der Waals surface area contributed by atoms with E-state index >= 15 is 0 Å². The summed E-state index contributed by atoms with van der Waals surface area (Å²) in [6.07, 6.45) is -0.729. The number of rotatable bonds is 3. The van der Waals surface area contributed by atoms with Gasteiger partial charge in [0.05, 0.1) is 11.5 Å². The number of anilines is 1. The number of phenols is 1. The van der Waals surface area contributed by atoms with Crippen LogP contribution in [0.3, 0.4) is 0 Å². The Labute approximate surface area is 108 Å². The Morgan fingerprint density at radius 1 is 1.58 bits per heavy atom. The molecule has 102 valence electrons. The number of carbonyl (C=O) groups excluding carboxylic acids is 1. The third-order valence-electron chi connectivity index (χ3n) is 2.69. The molecule has 1 fully saturated rings. The predicted octanol–water partition coefficient (Wildman–Crippen LogP) is 0.227. The van der Waals surface area contributed by atoms with Crippen molar-refractivity contribution >= 4 is 17.3 Å². The maximum atomic E-state index is 11.9. The molecule has 19 heavy (non-hydrogen) atoms. The van der Waals surface area contributed by atoms with Crippen molar-refractivity contribution < 1.29 is 19.6 Å². The van der Waals surface area contributed by atoms with Gasteiger partial charge in [0.25, 0.3) is 11.6 Å². The summed E-state index contributed by atoms with van der Waals surface area (Å²) in [5, 5.41) is 25.7. The minimum absolute atomic E-state index is 0.216. The van der Waals surface area contributed by atoms with Crippen molar-refractivity contribution in [2.24, 2.45) is 0 Å². The third-order valence-corrected chi connectivity index (χ3v) is 2.69. The van der Waals surface area contributed by atoms with Gasteiger partial charge >= 0.3 is 0 Å². The maximum Gasteiger partial charge on any atom is 0.296 e. The molecule has 3 N–H and O–H groups in total. The molecule has 0 radical (unpaired) electrons. The standard InChI is InChI=1S/C11H13N3O5/c15-8-3-1-2-7(14(17)18)10(8)13-11(16)9-6-12-4-5-19-9/h1-3,9,12,15H,4-6H2,(H,13,16). The van der Waals surface area contributed by atoms with Crippen LogP contribution in [0.1, 0.15) is 0 Å². The molecule has 1 saturated heterocycles. The first-order valence-corrected chi connectivity index (χ1v) is 5.69. The van der Waals surface area contributed by atoms with Gasteiger partial charge in [0.2, 0.25) is 0 Å². The average molecular weight is 267 g/mol. The van der Waals surface area contributed by atoms with Gasteiger partial charge in [-0.1, -0.05) is 6.07 Å². The van der Waals surface area contributed by atoms with Crippen molar-refractivity contribution in [3.05, 3.63) is 28.3 Å². The number of amides is 1. The Bertz CT molecular complexity index is 499. The number of hydrogen-bond donors (Lipinski definition) is 3. The lowest BCUT2D eigenvalue weighted by atomic mass is 10.2. The van der Waals surface area contributed by atoms with E-state index in [0.29, 0.717) is 19.7 Å². The molecule has 1 amide bonds. The molecule has 1 aliphatic rings. The number of nitro benzene ring substituents is 1. The Balaban J connectivity index is 2.18. The number of ether oxygens (including phenoxy) is 1. The number of para-hydroxylation sites is 1. The number of carbonyl (C=O) groups is 1. The van der Waals surface area contributed by atoms with E-state index in [9.17, 15) is 20.0 Å². The van der Waals surface area contributed by atoms with Gasteiger partial charge in [-0.15, -0.1) is 0 Å². The molecule has 1 aliphatic heterocycles. The van der Waals surface area contributed by atoms with Crippen molar-refractivity contribution in [2.45, 2.75) is 6.10 Å². The van der Waals surface area contributed by atoms with Crippen LogP contribution in [0.15, 0.2) is 18.2 Å². The van der Waals surface area contributed by atoms with E-state index in [1.165, 1.54) is 18.2 Å². The molecule has 1 heterocycles. The first-order chi connectivity index (χ1) is 9.09. The van der Waals surface area contributed by atoms with E-state index in [0.717, 1.165) is 0 Å². The zero-order valence-electron chi connectivity index (χ0n) is 9.96. The van der Waals surface area contributed by atoms with Gasteiger partial charge in [0.1, 0.15) is 11.9 Å². The van der Waals surface area contributed by atoms with Crippen LogP contribution in [0.2, 0.25) is 0 Å². The van der Waals surface area contributed by atoms with Gasteiger partial charge in [-0.2, -0.15) is 0 Å². The van der Waals surface area contributed by atoms with E-state index < -0.39 is 16.9 Å². The van der Waals surface area contributed by atoms with Crippen LogP contribution in [0.4, 0.5) is 11.4 Å². The highest BCUT2D eigenvalue weighted by molar-refractivity contribution is 5.97. The Morgan fingerprint density at radius 3 is 3.00 bits per heavy atom. The zero-order chi connectivity index (χ0) is 13.8. The van der Waals surface area contributed by atoms with E-state index in [4.69, 9.17) is 4.74 Å². The number of benzene rings is 1. The number of aromatic hydroxyl groups is 1. The van der Waals surface area contributed by atoms with E-state index in [2.05, 4.69) is 10.6 Å². The molecule has 2 rings (SSSR count). The summed E-state index contributed by atoms with van der Waals surface area (Å²) in [4.78, 5) is 22.0. The summed E-state index contributed by atoms with van der Waals surface area (Å²) >= 11 is 0. The lowest BCUT2D eigenvalue weighted by molar-refractivity contribution is -0.384. The second-order valence-corrected chi connectivity index (χ2v) is 3.98. The lowest BCUT2D eigenvalue weighted by Crippen LogP contribution is -2.45. The van der Waals surface area contributed by atoms with Gasteiger partial charge in [0.15, 0.2) is 5.69 Å². The highest BCUT2D eigenvalue weighted by atomic mass is 16.6. The fourth-order valence-corrected chi connectivity index (χ4v) is 1.75. The number of morpholine rings is 1. The molecule has 1 unspecified atom stereocenters. The Hall–Kier alpha value is -2.19. The first-order valence-electron chi connectivity index (χ1n) is 5.69. The summed E-state index contributed by atoms with van der Waals surface area (Å²) in [5.41, 5.74) is -0.580. The highest BCUT2D eigenvalue weighted by Gasteiger charge is 2.26. The van der Waals surface area contributed by atoms with Crippen LogP contribution < -0.4 is 10.6 Å². The number of nitro groups is 1. The van der Waals surface area contributed by atoms with Crippen molar-refractivity contribution in [3.63, 3.8) is 0 Å². The van der Waals surface area contributed by atoms with E-state index in [1.807, 2.05) is 0 Å². The minimum atomic E-state index is -0.729. The summed E-state index contributed by atoms with van der Waals surface area (Å²) in [6, 6.07) is 3.81. The van der Waals surface area contributed by atoms with Crippen LogP contribution in [0.5, 0.6) is 5.75 Å². The predicted molar refractivity (Wildman–Crippen MR) is 66.0 cm³/mol. The van der Waals surface area contributed by atoms with Crippen LogP contribution in [0.25, 0.3) is 0 Å². The first kappa shape index (κ1) is 13.2. The summed E-state index contributed by atoms with van der Waals surface area (Å²) in [5.74, 6) is -0.886. The molecule has 0 spiro atoms. The molecule has 1 atom stereocenters. The molecule has 0 aromatic heterocycles. The molecular weight excluding hydrogens is 254 g/mol. The molecule has 1 aromatic carbocycles.